The summed E-state index contributed by atoms with van der Waals surface area (Å²) in [5, 5.41) is 0. The molecule has 0 N–H and O–H groups in total. The van der Waals surface area contributed by atoms with Gasteiger partial charge in [0, 0.05) is 0 Å². The average Bonchev–Trinajstić information content (AvgIpc) is 2.68. The first-order chi connectivity index (χ1) is 13.2. The van der Waals surface area contributed by atoms with Gasteiger partial charge in [-0.3, -0.25) is 4.79 Å². The Kier molecular flexibility index (Phi) is 6.36. The molecular formula is C23H19FO3. The van der Waals surface area contributed by atoms with E-state index in [4.69, 9.17) is 9.47 Å². The maximum absolute atomic E-state index is 13.9. The minimum atomic E-state index is -0.617. The van der Waals surface area contributed by atoms with Gasteiger partial charge in [0.1, 0.15) is 23.9 Å². The molecule has 0 bridgehead atoms. The maximum Gasteiger partial charge on any atom is 0.312 e. The molecule has 0 spiro atoms. The van der Waals surface area contributed by atoms with Crippen LogP contribution >= 0.6 is 0 Å². The van der Waals surface area contributed by atoms with Crippen LogP contribution in [0.3, 0.4) is 0 Å². The molecule has 0 aromatic heterocycles. The molecule has 3 nitrogen and oxygen atoms in total. The molecule has 0 unspecified atom stereocenters. The Balaban J connectivity index is 1.53. The van der Waals surface area contributed by atoms with Gasteiger partial charge in [-0.2, -0.15) is 0 Å². The fourth-order valence-corrected chi connectivity index (χ4v) is 2.46. The molecule has 0 saturated heterocycles. The molecule has 3 aromatic rings. The second kappa shape index (κ2) is 9.34. The van der Waals surface area contributed by atoms with E-state index in [1.54, 1.807) is 18.2 Å². The van der Waals surface area contributed by atoms with Crippen molar-refractivity contribution in [2.24, 2.45) is 0 Å². The number of halogens is 1. The summed E-state index contributed by atoms with van der Waals surface area (Å²) in [5.41, 5.74) is 1.47. The molecule has 0 aliphatic rings. The van der Waals surface area contributed by atoms with Crippen LogP contribution in [-0.2, 0) is 16.1 Å². The molecule has 0 heterocycles. The Morgan fingerprint density at radius 1 is 0.852 bits per heavy atom. The summed E-state index contributed by atoms with van der Waals surface area (Å²) in [6.45, 7) is 0.0590. The van der Waals surface area contributed by atoms with Crippen molar-refractivity contribution in [2.45, 2.75) is 13.0 Å². The first kappa shape index (κ1) is 18.4. The largest absolute Gasteiger partial charge is 0.460 e. The average molecular weight is 362 g/mol. The Labute approximate surface area is 157 Å². The Morgan fingerprint density at radius 3 is 2.26 bits per heavy atom. The number of para-hydroxylation sites is 1. The smallest absolute Gasteiger partial charge is 0.312 e. The third-order valence-electron chi connectivity index (χ3n) is 3.71. The summed E-state index contributed by atoms with van der Waals surface area (Å²) in [6.07, 6.45) is 0.935. The van der Waals surface area contributed by atoms with Gasteiger partial charge in [-0.05, 0) is 41.5 Å². The van der Waals surface area contributed by atoms with Crippen molar-refractivity contribution in [3.8, 4) is 11.5 Å². The lowest BCUT2D eigenvalue weighted by atomic mass is 10.2. The van der Waals surface area contributed by atoms with Crippen LogP contribution < -0.4 is 4.74 Å². The van der Waals surface area contributed by atoms with Crippen molar-refractivity contribution < 1.29 is 18.7 Å². The van der Waals surface area contributed by atoms with Crippen molar-refractivity contribution in [1.82, 2.24) is 0 Å². The van der Waals surface area contributed by atoms with Gasteiger partial charge in [0.25, 0.3) is 0 Å². The number of carbonyl (C=O) groups excluding carboxylic acids is 1. The summed E-state index contributed by atoms with van der Waals surface area (Å²) in [6, 6.07) is 25.6. The number of hydrogen-bond acceptors (Lipinski definition) is 3. The van der Waals surface area contributed by atoms with E-state index >= 15 is 0 Å². The van der Waals surface area contributed by atoms with Crippen molar-refractivity contribution in [2.75, 3.05) is 0 Å². The van der Waals surface area contributed by atoms with Gasteiger partial charge in [-0.25, -0.2) is 4.39 Å². The predicted octanol–water partition coefficient (Wildman–Crippen LogP) is 5.92. The fraction of sp³-hybridized carbons (Fsp3) is 0.0870. The molecule has 0 aliphatic carbocycles. The normalized spacial score (nSPS) is 11.1. The Morgan fingerprint density at radius 2 is 1.52 bits per heavy atom. The van der Waals surface area contributed by atoms with E-state index in [1.165, 1.54) is 6.08 Å². The molecule has 136 valence electrons. The first-order valence-electron chi connectivity index (χ1n) is 8.57. The van der Waals surface area contributed by atoms with Gasteiger partial charge in [0.05, 0.1) is 6.42 Å². The zero-order valence-electron chi connectivity index (χ0n) is 14.7. The molecule has 0 saturated carbocycles. The molecule has 0 atom stereocenters. The van der Waals surface area contributed by atoms with E-state index in [0.717, 1.165) is 11.3 Å². The third-order valence-corrected chi connectivity index (χ3v) is 3.71. The summed E-state index contributed by atoms with van der Waals surface area (Å²) >= 11 is 0. The minimum Gasteiger partial charge on any atom is -0.460 e. The van der Waals surface area contributed by atoms with Gasteiger partial charge in [0.15, 0.2) is 0 Å². The van der Waals surface area contributed by atoms with Crippen LogP contribution in [0.25, 0.3) is 6.08 Å². The lowest BCUT2D eigenvalue weighted by Crippen LogP contribution is -2.04. The fourth-order valence-electron chi connectivity index (χ4n) is 2.46. The Bertz CT molecular complexity index is 905. The zero-order valence-corrected chi connectivity index (χ0v) is 14.7. The highest BCUT2D eigenvalue weighted by atomic mass is 19.1. The molecule has 0 aliphatic heterocycles. The quantitative estimate of drug-likeness (QED) is 0.489. The first-order valence-corrected chi connectivity index (χ1v) is 8.57. The molecule has 0 amide bonds. The van der Waals surface area contributed by atoms with Crippen LogP contribution in [0.2, 0.25) is 0 Å². The number of ether oxygens (including phenoxy) is 2. The number of hydrogen-bond donors (Lipinski definition) is 0. The van der Waals surface area contributed by atoms with Crippen LogP contribution in [0, 0.1) is 0 Å². The van der Waals surface area contributed by atoms with E-state index in [2.05, 4.69) is 0 Å². The number of esters is 1. The lowest BCUT2D eigenvalue weighted by molar-refractivity contribution is -0.144. The highest BCUT2D eigenvalue weighted by Crippen LogP contribution is 2.22. The van der Waals surface area contributed by atoms with Gasteiger partial charge in [-0.15, -0.1) is 0 Å². The molecular weight excluding hydrogens is 343 g/mol. The monoisotopic (exact) mass is 362 g/mol. The van der Waals surface area contributed by atoms with Crippen LogP contribution in [0.1, 0.15) is 17.5 Å². The van der Waals surface area contributed by atoms with Crippen molar-refractivity contribution in [1.29, 1.82) is 0 Å². The number of carbonyl (C=O) groups is 1. The molecule has 4 heteroatoms. The summed E-state index contributed by atoms with van der Waals surface area (Å²) < 4.78 is 24.8. The van der Waals surface area contributed by atoms with Crippen molar-refractivity contribution in [3.05, 3.63) is 102 Å². The van der Waals surface area contributed by atoms with E-state index in [-0.39, 0.29) is 6.61 Å². The summed E-state index contributed by atoms with van der Waals surface area (Å²) in [4.78, 5) is 11.9. The van der Waals surface area contributed by atoms with E-state index < -0.39 is 18.2 Å². The SMILES string of the molecule is O=C(CC(F)=Cc1ccccc1)OCc1cccc(Oc2ccccc2)c1. The van der Waals surface area contributed by atoms with Crippen molar-refractivity contribution in [3.63, 3.8) is 0 Å². The number of benzene rings is 3. The summed E-state index contributed by atoms with van der Waals surface area (Å²) in [5.74, 6) is 0.214. The van der Waals surface area contributed by atoms with Crippen molar-refractivity contribution >= 4 is 12.0 Å². The van der Waals surface area contributed by atoms with Crippen LogP contribution in [0.4, 0.5) is 4.39 Å². The highest BCUT2D eigenvalue weighted by molar-refractivity contribution is 5.73. The third kappa shape index (κ3) is 6.12. The van der Waals surface area contributed by atoms with Gasteiger partial charge < -0.3 is 9.47 Å². The van der Waals surface area contributed by atoms with E-state index in [0.29, 0.717) is 11.3 Å². The second-order valence-corrected chi connectivity index (χ2v) is 5.90. The lowest BCUT2D eigenvalue weighted by Gasteiger charge is -2.08. The van der Waals surface area contributed by atoms with E-state index in [1.807, 2.05) is 66.7 Å². The predicted molar refractivity (Wildman–Crippen MR) is 103 cm³/mol. The standard InChI is InChI=1S/C23H19FO3/c24-20(14-18-8-3-1-4-9-18)16-23(25)26-17-19-10-7-13-22(15-19)27-21-11-5-2-6-12-21/h1-15H,16-17H2. The second-order valence-electron chi connectivity index (χ2n) is 5.90. The molecule has 3 aromatic carbocycles. The molecule has 0 fully saturated rings. The zero-order chi connectivity index (χ0) is 18.9. The maximum atomic E-state index is 13.9. The highest BCUT2D eigenvalue weighted by Gasteiger charge is 2.08. The van der Waals surface area contributed by atoms with Crippen LogP contribution in [0.15, 0.2) is 90.8 Å². The molecule has 0 radical (unpaired) electrons. The minimum absolute atomic E-state index is 0.0590. The van der Waals surface area contributed by atoms with Gasteiger partial charge >= 0.3 is 5.97 Å². The van der Waals surface area contributed by atoms with Gasteiger partial charge in [-0.1, -0.05) is 60.7 Å². The summed E-state index contributed by atoms with van der Waals surface area (Å²) in [7, 11) is 0. The topological polar surface area (TPSA) is 35.5 Å². The van der Waals surface area contributed by atoms with Crippen LogP contribution in [-0.4, -0.2) is 5.97 Å². The molecule has 3 rings (SSSR count). The number of rotatable bonds is 7. The van der Waals surface area contributed by atoms with E-state index in [9.17, 15) is 9.18 Å². The Hall–Kier alpha value is -3.40. The molecule has 27 heavy (non-hydrogen) atoms. The van der Waals surface area contributed by atoms with Crippen LogP contribution in [0.5, 0.6) is 11.5 Å². The van der Waals surface area contributed by atoms with Gasteiger partial charge in [0.2, 0.25) is 0 Å².